The van der Waals surface area contributed by atoms with Crippen LogP contribution in [0.3, 0.4) is 0 Å². The Hall–Kier alpha value is -2.19. The van der Waals surface area contributed by atoms with Crippen molar-refractivity contribution < 1.29 is 37.7 Å². The zero-order chi connectivity index (χ0) is 23.9. The molecule has 0 bridgehead atoms. The highest BCUT2D eigenvalue weighted by atomic mass is 16.7. The van der Waals surface area contributed by atoms with E-state index in [1.165, 1.54) is 0 Å². The Morgan fingerprint density at radius 2 is 1.76 bits per heavy atom. The Bertz CT molecular complexity index is 1120. The summed E-state index contributed by atoms with van der Waals surface area (Å²) in [6.07, 6.45) is 3.46. The second-order valence-corrected chi connectivity index (χ2v) is 12.2. The number of esters is 2. The average Bonchev–Trinajstić information content (AvgIpc) is 3.26. The molecule has 0 amide bonds. The molecule has 1 unspecified atom stereocenters. The first kappa shape index (κ1) is 21.1. The third-order valence-corrected chi connectivity index (χ3v) is 10.7. The molecule has 6 aliphatic rings. The molecule has 8 heteroatoms. The van der Waals surface area contributed by atoms with Gasteiger partial charge in [0.05, 0.1) is 36.1 Å². The van der Waals surface area contributed by atoms with Crippen LogP contribution in [0.25, 0.3) is 0 Å². The van der Waals surface area contributed by atoms with E-state index in [9.17, 15) is 14.4 Å². The minimum Gasteiger partial charge on any atom is -0.472 e. The molecule has 4 aliphatic heterocycles. The number of rotatable bonds is 1. The molecule has 0 aromatic carbocycles. The molecule has 34 heavy (non-hydrogen) atoms. The van der Waals surface area contributed by atoms with Gasteiger partial charge in [0, 0.05) is 28.7 Å². The van der Waals surface area contributed by atoms with Crippen LogP contribution in [0.4, 0.5) is 0 Å². The first-order valence-electron chi connectivity index (χ1n) is 12.3. The van der Waals surface area contributed by atoms with E-state index in [1.54, 1.807) is 12.5 Å². The number of Topliss-reactive ketones (excluding diaryl/α,β-unsaturated/α-hetero) is 1. The van der Waals surface area contributed by atoms with Gasteiger partial charge in [-0.1, -0.05) is 6.92 Å². The molecule has 7 rings (SSSR count). The molecule has 4 saturated heterocycles. The smallest absolute Gasteiger partial charge is 0.339 e. The van der Waals surface area contributed by atoms with Gasteiger partial charge in [0.2, 0.25) is 0 Å². The number of hydrogen-bond donors (Lipinski definition) is 0. The van der Waals surface area contributed by atoms with Crippen LogP contribution in [0.2, 0.25) is 0 Å². The van der Waals surface area contributed by atoms with Gasteiger partial charge >= 0.3 is 11.9 Å². The number of furan rings is 1. The maximum Gasteiger partial charge on any atom is 0.339 e. The molecule has 0 N–H and O–H groups in total. The Morgan fingerprint density at radius 3 is 2.50 bits per heavy atom. The maximum absolute atomic E-state index is 14.2. The Balaban J connectivity index is 1.41. The Kier molecular flexibility index (Phi) is 3.70. The van der Waals surface area contributed by atoms with Crippen molar-refractivity contribution in [2.75, 3.05) is 6.61 Å². The van der Waals surface area contributed by atoms with Gasteiger partial charge in [0.15, 0.2) is 6.10 Å². The van der Waals surface area contributed by atoms with Crippen molar-refractivity contribution >= 4 is 17.7 Å². The second kappa shape index (κ2) is 5.95. The first-order valence-corrected chi connectivity index (χ1v) is 12.3. The van der Waals surface area contributed by atoms with E-state index in [0.29, 0.717) is 12.8 Å². The molecule has 182 valence electrons. The summed E-state index contributed by atoms with van der Waals surface area (Å²) in [5.74, 6) is -0.780. The molecule has 8 nitrogen and oxygen atoms in total. The van der Waals surface area contributed by atoms with Gasteiger partial charge in [-0.05, 0) is 45.6 Å². The third-order valence-electron chi connectivity index (χ3n) is 10.7. The molecule has 2 saturated carbocycles. The number of cyclic esters (lactones) is 2. The lowest BCUT2D eigenvalue weighted by molar-refractivity contribution is -0.225. The summed E-state index contributed by atoms with van der Waals surface area (Å²) in [7, 11) is 0. The molecular formula is C26H30O8. The van der Waals surface area contributed by atoms with Crippen molar-refractivity contribution in [3.63, 3.8) is 0 Å². The fraction of sp³-hybridized carbons (Fsp3) is 0.731. The number of ketones is 1. The predicted molar refractivity (Wildman–Crippen MR) is 114 cm³/mol. The third kappa shape index (κ3) is 2.02. The van der Waals surface area contributed by atoms with E-state index in [4.69, 9.17) is 23.4 Å². The lowest BCUT2D eigenvalue weighted by Crippen LogP contribution is -2.72. The van der Waals surface area contributed by atoms with Gasteiger partial charge < -0.3 is 23.4 Å². The molecule has 1 aromatic heterocycles. The summed E-state index contributed by atoms with van der Waals surface area (Å²) in [5, 5.41) is 0. The summed E-state index contributed by atoms with van der Waals surface area (Å²) in [6, 6.07) is 1.81. The summed E-state index contributed by atoms with van der Waals surface area (Å²) in [5.41, 5.74) is -2.78. The maximum atomic E-state index is 14.2. The topological polar surface area (TPSA) is 105 Å². The van der Waals surface area contributed by atoms with Gasteiger partial charge in [-0.15, -0.1) is 0 Å². The number of hydrogen-bond acceptors (Lipinski definition) is 8. The number of carbonyl (C=O) groups excluding carboxylic acids is 3. The average molecular weight is 471 g/mol. The normalized spacial score (nSPS) is 52.4. The lowest BCUT2D eigenvalue weighted by atomic mass is 9.37. The summed E-state index contributed by atoms with van der Waals surface area (Å²) >= 11 is 0. The molecule has 0 radical (unpaired) electrons. The lowest BCUT2D eigenvalue weighted by Gasteiger charge is -2.65. The molecule has 6 fully saturated rings. The molecular weight excluding hydrogens is 440 g/mol. The first-order chi connectivity index (χ1) is 16.0. The Labute approximate surface area is 197 Å². The van der Waals surface area contributed by atoms with E-state index in [0.717, 1.165) is 12.0 Å². The van der Waals surface area contributed by atoms with Crippen LogP contribution in [-0.4, -0.2) is 47.7 Å². The van der Waals surface area contributed by atoms with Crippen molar-refractivity contribution in [2.24, 2.45) is 28.1 Å². The van der Waals surface area contributed by atoms with Crippen LogP contribution in [0.5, 0.6) is 0 Å². The van der Waals surface area contributed by atoms with E-state index in [1.807, 2.05) is 26.8 Å². The number of carbonyl (C=O) groups is 3. The highest BCUT2D eigenvalue weighted by molar-refractivity contribution is 5.93. The number of epoxide rings is 1. The standard InChI is InChI=1S/C26H30O8/c1-22(2)15-9-16(27)24(4)14(25(15)12-31-18(28)10-17(25)33-22)5-7-23(3)19(13-6-8-30-11-13)32-21(29)20-26(23,24)34-20/h6,8,11,14-15,17,19-20H,5,7,9-10,12H2,1-4H3/t14-,15-,17-,19-,20?,23-,24-,25+,26+/m0/s1. The van der Waals surface area contributed by atoms with Crippen molar-refractivity contribution in [3.05, 3.63) is 24.2 Å². The number of fused-ring (bicyclic) bond motifs is 1. The van der Waals surface area contributed by atoms with Crippen molar-refractivity contribution in [1.82, 2.24) is 0 Å². The van der Waals surface area contributed by atoms with E-state index >= 15 is 0 Å². The van der Waals surface area contributed by atoms with Gasteiger partial charge in [-0.3, -0.25) is 9.59 Å². The SMILES string of the molecule is CC1(C)O[C@H]2CC(=O)OC[C@]23[C@H]2CC[C@@]4(C)[C@H](c5ccoc5)OC(=O)C5O[C@]54[C@]2(C)C(=O)C[C@@H]13. The van der Waals surface area contributed by atoms with Crippen LogP contribution in [0, 0.1) is 28.1 Å². The highest BCUT2D eigenvalue weighted by Gasteiger charge is 2.89. The molecule has 2 spiro atoms. The van der Waals surface area contributed by atoms with E-state index in [-0.39, 0.29) is 42.7 Å². The van der Waals surface area contributed by atoms with Crippen LogP contribution in [0.1, 0.15) is 65.0 Å². The van der Waals surface area contributed by atoms with Crippen molar-refractivity contribution in [3.8, 4) is 0 Å². The highest BCUT2D eigenvalue weighted by Crippen LogP contribution is 2.79. The van der Waals surface area contributed by atoms with Gasteiger partial charge in [0.1, 0.15) is 24.1 Å². The van der Waals surface area contributed by atoms with Gasteiger partial charge in [-0.2, -0.15) is 0 Å². The summed E-state index contributed by atoms with van der Waals surface area (Å²) in [4.78, 5) is 39.7. The fourth-order valence-corrected chi connectivity index (χ4v) is 9.34. The van der Waals surface area contributed by atoms with Crippen LogP contribution >= 0.6 is 0 Å². The van der Waals surface area contributed by atoms with E-state index in [2.05, 4.69) is 6.92 Å². The second-order valence-electron chi connectivity index (χ2n) is 12.2. The Morgan fingerprint density at radius 1 is 0.971 bits per heavy atom. The van der Waals surface area contributed by atoms with E-state index < -0.39 is 45.6 Å². The molecule has 9 atom stereocenters. The molecule has 2 aliphatic carbocycles. The zero-order valence-corrected chi connectivity index (χ0v) is 19.9. The zero-order valence-electron chi connectivity index (χ0n) is 19.9. The minimum absolute atomic E-state index is 0.0677. The van der Waals surface area contributed by atoms with Crippen LogP contribution in [-0.2, 0) is 33.3 Å². The molecule has 5 heterocycles. The largest absolute Gasteiger partial charge is 0.472 e. The number of ether oxygens (including phenoxy) is 4. The quantitative estimate of drug-likeness (QED) is 0.455. The summed E-state index contributed by atoms with van der Waals surface area (Å²) in [6.45, 7) is 8.36. The van der Waals surface area contributed by atoms with Crippen molar-refractivity contribution in [2.45, 2.75) is 82.9 Å². The van der Waals surface area contributed by atoms with Crippen LogP contribution in [0.15, 0.2) is 23.0 Å². The monoisotopic (exact) mass is 470 g/mol. The van der Waals surface area contributed by atoms with Gasteiger partial charge in [-0.25, -0.2) is 4.79 Å². The fourth-order valence-electron chi connectivity index (χ4n) is 9.34. The van der Waals surface area contributed by atoms with Crippen molar-refractivity contribution in [1.29, 1.82) is 0 Å². The molecule has 1 aromatic rings. The summed E-state index contributed by atoms with van der Waals surface area (Å²) < 4.78 is 29.8. The van der Waals surface area contributed by atoms with Crippen LogP contribution < -0.4 is 0 Å². The predicted octanol–water partition coefficient (Wildman–Crippen LogP) is 3.14. The van der Waals surface area contributed by atoms with Gasteiger partial charge in [0.25, 0.3) is 0 Å². The minimum atomic E-state index is -0.976.